The zero-order chi connectivity index (χ0) is 3.58. The zero-order valence-corrected chi connectivity index (χ0v) is 1.71. The van der Waals surface area contributed by atoms with E-state index in [9.17, 15) is 0 Å². The summed E-state index contributed by atoms with van der Waals surface area (Å²) in [5.41, 5.74) is 0. The van der Waals surface area contributed by atoms with Gasteiger partial charge in [0.2, 0.25) is 0 Å². The molecule has 0 unspecified atom stereocenters. The molecule has 1 N–H and O–H groups in total. The molecule has 0 aliphatic rings. The van der Waals surface area contributed by atoms with Crippen LogP contribution in [0.1, 0.15) is 1.43 Å². The molecule has 0 aliphatic carbocycles. The summed E-state index contributed by atoms with van der Waals surface area (Å²) >= 11 is 0. The number of hydrogen-bond donors (Lipinski definition) is 1. The summed E-state index contributed by atoms with van der Waals surface area (Å²) in [5.74, 6) is 0. The van der Waals surface area contributed by atoms with Crippen LogP contribution < -0.4 is 0 Å². The van der Waals surface area contributed by atoms with Crippen molar-refractivity contribution in [2.24, 2.45) is 0 Å². The number of hydrogen-bond acceptors (Lipinski definition) is 2. The topological polar surface area (TPSA) is 63.4 Å². The molecule has 5 heavy (non-hydrogen) atoms. The van der Waals surface area contributed by atoms with E-state index in [1.807, 2.05) is 0 Å². The van der Waals surface area contributed by atoms with Crippen LogP contribution in [0.3, 0.4) is 0 Å². The molecule has 0 spiro atoms. The Balaban J connectivity index is -0.0000000450. The molecule has 0 saturated heterocycles. The molecule has 0 aromatic rings. The fourth-order valence-electron chi connectivity index (χ4n) is 0. The molecule has 0 saturated carbocycles. The fraction of sp³-hybridized carbons (Fsp3) is 0. The van der Waals surface area contributed by atoms with Crippen molar-refractivity contribution in [1.82, 2.24) is 0 Å². The molecule has 0 aromatic carbocycles. The van der Waals surface area contributed by atoms with Gasteiger partial charge >= 0.3 is 31.0 Å². The van der Waals surface area contributed by atoms with Gasteiger partial charge in [-0.1, -0.05) is 0 Å². The van der Waals surface area contributed by atoms with Crippen LogP contribution in [0.2, 0.25) is 0 Å². The van der Waals surface area contributed by atoms with Crippen LogP contribution in [0.4, 0.5) is 0 Å². The van der Waals surface area contributed by atoms with Crippen molar-refractivity contribution < 1.29 is 11.7 Å². The van der Waals surface area contributed by atoms with E-state index in [4.69, 9.17) is 15.3 Å². The van der Waals surface area contributed by atoms with E-state index in [2.05, 4.69) is 0 Å². The van der Waals surface area contributed by atoms with E-state index < -0.39 is 5.09 Å². The molecule has 0 fully saturated rings. The molecular formula is H3NNaO3+. The first kappa shape index (κ1) is 8.96. The van der Waals surface area contributed by atoms with Crippen molar-refractivity contribution in [1.29, 1.82) is 0 Å². The van der Waals surface area contributed by atoms with E-state index in [-0.39, 0.29) is 31.0 Å². The summed E-state index contributed by atoms with van der Waals surface area (Å²) < 4.78 is 0. The van der Waals surface area contributed by atoms with Crippen LogP contribution in [0.25, 0.3) is 0 Å². The molecular weight excluding hydrogens is 85.0 g/mol. The second-order valence-electron chi connectivity index (χ2n) is 0.238. The van der Waals surface area contributed by atoms with Gasteiger partial charge in [0, 0.05) is 0 Å². The van der Waals surface area contributed by atoms with Gasteiger partial charge in [0.15, 0.2) is 0 Å². The third-order valence-electron chi connectivity index (χ3n) is 0. The van der Waals surface area contributed by atoms with Crippen LogP contribution in [0.5, 0.6) is 0 Å². The first-order chi connectivity index (χ1) is 1.73. The van der Waals surface area contributed by atoms with Gasteiger partial charge in [0.25, 0.3) is 5.09 Å². The number of rotatable bonds is 0. The van der Waals surface area contributed by atoms with Crippen molar-refractivity contribution >= 4 is 29.6 Å². The van der Waals surface area contributed by atoms with Crippen LogP contribution in [0.15, 0.2) is 0 Å². The van der Waals surface area contributed by atoms with E-state index in [0.29, 0.717) is 0 Å². The zero-order valence-electron chi connectivity index (χ0n) is 2.71. The molecule has 26 valence electrons. The fourth-order valence-corrected chi connectivity index (χ4v) is 0. The van der Waals surface area contributed by atoms with E-state index in [0.717, 1.165) is 0 Å². The molecule has 0 heterocycles. The maximum atomic E-state index is 8.36. The molecule has 0 rings (SSSR count). The van der Waals surface area contributed by atoms with E-state index in [1.165, 1.54) is 0 Å². The van der Waals surface area contributed by atoms with Crippen LogP contribution in [0, 0.1) is 10.1 Å². The van der Waals surface area contributed by atoms with E-state index in [1.54, 1.807) is 0 Å². The van der Waals surface area contributed by atoms with Crippen molar-refractivity contribution in [3.63, 3.8) is 0 Å². The van der Waals surface area contributed by atoms with Gasteiger partial charge in [-0.05, 0) is 0 Å². The average Bonchev–Trinajstić information content (AvgIpc) is 0.811. The van der Waals surface area contributed by atoms with Gasteiger partial charge in [-0.25, -0.2) is 0 Å². The van der Waals surface area contributed by atoms with Crippen molar-refractivity contribution in [2.75, 3.05) is 0 Å². The third kappa shape index (κ3) is 508. The molecule has 0 atom stereocenters. The Hall–Kier alpha value is 0.200. The van der Waals surface area contributed by atoms with Gasteiger partial charge in [-0.3, -0.25) is 0 Å². The Kier molecular flexibility index (Phi) is 7.52. The van der Waals surface area contributed by atoms with Gasteiger partial charge < -0.3 is 5.21 Å². The molecule has 0 aromatic heterocycles. The summed E-state index contributed by atoms with van der Waals surface area (Å²) in [6.45, 7) is 0. The summed E-state index contributed by atoms with van der Waals surface area (Å²) in [4.78, 5) is 8.36. The summed E-state index contributed by atoms with van der Waals surface area (Å²) in [7, 11) is 0. The van der Waals surface area contributed by atoms with Crippen LogP contribution in [-0.2, 0) is 0 Å². The second kappa shape index (κ2) is 4.20. The number of nitrogens with zero attached hydrogens (tertiary/aromatic N) is 1. The summed E-state index contributed by atoms with van der Waals surface area (Å²) in [5, 5.41) is 13.6. The average molecular weight is 88.0 g/mol. The van der Waals surface area contributed by atoms with Gasteiger partial charge in [-0.2, -0.15) is 0 Å². The van der Waals surface area contributed by atoms with Gasteiger partial charge in [0.1, 0.15) is 0 Å². The first-order valence-electron chi connectivity index (χ1n) is 0.565. The molecule has 4 nitrogen and oxygen atoms in total. The van der Waals surface area contributed by atoms with Crippen molar-refractivity contribution in [3.8, 4) is 0 Å². The molecule has 0 aliphatic heterocycles. The summed E-state index contributed by atoms with van der Waals surface area (Å²) in [6, 6.07) is 0. The summed E-state index contributed by atoms with van der Waals surface area (Å²) in [6.07, 6.45) is 0. The Bertz CT molecular complexity index is 33.8. The normalized spacial score (nSPS) is 4.80. The molecule has 5 heteroatoms. The van der Waals surface area contributed by atoms with Gasteiger partial charge in [-0.15, -0.1) is 10.1 Å². The maximum absolute atomic E-state index is 8.36. The third-order valence-corrected chi connectivity index (χ3v) is 0. The van der Waals surface area contributed by atoms with Gasteiger partial charge in [0.05, 0.1) is 0 Å². The SMILES string of the molecule is O=[N+]([O-])O.[H+].[NaH]. The van der Waals surface area contributed by atoms with Crippen LogP contribution >= 0.6 is 0 Å². The van der Waals surface area contributed by atoms with Crippen molar-refractivity contribution in [2.45, 2.75) is 0 Å². The predicted octanol–water partition coefficient (Wildman–Crippen LogP) is -0.884. The minimum absolute atomic E-state index is 0. The van der Waals surface area contributed by atoms with Crippen LogP contribution in [-0.4, -0.2) is 39.9 Å². The molecule has 0 radical (unpaired) electrons. The Morgan fingerprint density at radius 2 is 2.00 bits per heavy atom. The van der Waals surface area contributed by atoms with Crippen molar-refractivity contribution in [3.05, 3.63) is 10.1 Å². The Morgan fingerprint density at radius 1 is 2.00 bits per heavy atom. The standard InChI is InChI=1S/HNO3.Na.H/c2-1(3)4;;/h(H,2,3,4);;/p+1. The molecule has 0 amide bonds. The quantitative estimate of drug-likeness (QED) is 0.237. The Morgan fingerprint density at radius 3 is 2.00 bits per heavy atom. The second-order valence-corrected chi connectivity index (χ2v) is 0.238. The predicted molar refractivity (Wildman–Crippen MR) is 17.0 cm³/mol. The minimum atomic E-state index is -1.50. The Labute approximate surface area is 51.7 Å². The first-order valence-corrected chi connectivity index (χ1v) is 0.565. The molecule has 0 bridgehead atoms. The van der Waals surface area contributed by atoms with E-state index >= 15 is 0 Å². The monoisotopic (exact) mass is 88.0 g/mol.